The second-order valence-corrected chi connectivity index (χ2v) is 1.97. The van der Waals surface area contributed by atoms with E-state index in [-0.39, 0.29) is 11.7 Å². The number of rotatable bonds is 0. The van der Waals surface area contributed by atoms with Gasteiger partial charge < -0.3 is 5.73 Å². The van der Waals surface area contributed by atoms with Gasteiger partial charge in [-0.05, 0) is 0 Å². The number of nitrogens with zero attached hydrogens (tertiary/aromatic N) is 4. The summed E-state index contributed by atoms with van der Waals surface area (Å²) in [6.45, 7) is 0. The van der Waals surface area contributed by atoms with Gasteiger partial charge in [-0.1, -0.05) is 0 Å². The highest BCUT2D eigenvalue weighted by Crippen LogP contribution is 2.00. The number of carbonyl (C=O) groups is 1. The molecular formula is C5H3N5O. The number of hydrogen-bond acceptors (Lipinski definition) is 5. The van der Waals surface area contributed by atoms with E-state index in [0.717, 1.165) is 0 Å². The van der Waals surface area contributed by atoms with E-state index < -0.39 is 5.91 Å². The third kappa shape index (κ3) is 0.759. The van der Waals surface area contributed by atoms with E-state index in [9.17, 15) is 4.79 Å². The molecule has 2 rings (SSSR count). The van der Waals surface area contributed by atoms with Crippen LogP contribution < -0.4 is 5.73 Å². The Labute approximate surface area is 61.2 Å². The van der Waals surface area contributed by atoms with Crippen molar-refractivity contribution in [3.63, 3.8) is 0 Å². The van der Waals surface area contributed by atoms with Crippen LogP contribution in [0.2, 0.25) is 0 Å². The van der Waals surface area contributed by atoms with Gasteiger partial charge in [0.25, 0.3) is 0 Å². The van der Waals surface area contributed by atoms with E-state index in [4.69, 9.17) is 5.73 Å². The quantitative estimate of drug-likeness (QED) is 0.464. The molecule has 2 N–H and O–H groups in total. The molecule has 0 unspecified atom stereocenters. The fourth-order valence-corrected chi connectivity index (χ4v) is 0.793. The maximum Gasteiger partial charge on any atom is 0.303 e. The average Bonchev–Trinajstić information content (AvgIpc) is 2.34. The second kappa shape index (κ2) is 1.82. The lowest BCUT2D eigenvalue weighted by Gasteiger charge is -2.01. The van der Waals surface area contributed by atoms with Gasteiger partial charge in [-0.15, -0.1) is 5.10 Å². The Kier molecular flexibility index (Phi) is 0.974. The van der Waals surface area contributed by atoms with E-state index in [0.29, 0.717) is 5.71 Å². The third-order valence-electron chi connectivity index (χ3n) is 1.23. The predicted octanol–water partition coefficient (Wildman–Crippen LogP) is -1.28. The molecule has 1 amide bonds. The molecule has 11 heavy (non-hydrogen) atoms. The first-order chi connectivity index (χ1) is 5.27. The fraction of sp³-hybridized carbons (Fsp3) is 0. The van der Waals surface area contributed by atoms with E-state index in [2.05, 4.69) is 20.2 Å². The highest BCUT2D eigenvalue weighted by Gasteiger charge is 2.24. The Morgan fingerprint density at radius 3 is 3.00 bits per heavy atom. The van der Waals surface area contributed by atoms with Crippen LogP contribution in [0.1, 0.15) is 0 Å². The van der Waals surface area contributed by atoms with Crippen molar-refractivity contribution in [2.24, 2.45) is 25.9 Å². The summed E-state index contributed by atoms with van der Waals surface area (Å²) in [5.41, 5.74) is 5.76. The van der Waals surface area contributed by atoms with Crippen molar-refractivity contribution in [2.45, 2.75) is 0 Å². The summed E-state index contributed by atoms with van der Waals surface area (Å²) in [5, 5.41) is 7.01. The van der Waals surface area contributed by atoms with Crippen LogP contribution in [0.5, 0.6) is 0 Å². The molecule has 2 heterocycles. The third-order valence-corrected chi connectivity index (χ3v) is 1.23. The maximum absolute atomic E-state index is 10.9. The Bertz CT molecular complexity index is 348. The van der Waals surface area contributed by atoms with Crippen LogP contribution >= 0.6 is 0 Å². The van der Waals surface area contributed by atoms with Gasteiger partial charge in [-0.3, -0.25) is 4.79 Å². The van der Waals surface area contributed by atoms with E-state index in [1.807, 2.05) is 0 Å². The molecule has 2 aliphatic heterocycles. The molecule has 0 saturated heterocycles. The minimum absolute atomic E-state index is 0.0442. The van der Waals surface area contributed by atoms with Crippen LogP contribution in [0.15, 0.2) is 20.2 Å². The number of nitrogens with two attached hydrogens (primary N) is 1. The van der Waals surface area contributed by atoms with Crippen LogP contribution in [0.3, 0.4) is 0 Å². The number of amides is 1. The summed E-state index contributed by atoms with van der Waals surface area (Å²) in [7, 11) is 0. The number of guanidine groups is 1. The molecule has 6 nitrogen and oxygen atoms in total. The molecule has 0 spiro atoms. The number of fused-ring (bicyclic) bond motifs is 1. The van der Waals surface area contributed by atoms with Gasteiger partial charge in [0.1, 0.15) is 5.71 Å². The highest BCUT2D eigenvalue weighted by molar-refractivity contribution is 6.81. The zero-order valence-electron chi connectivity index (χ0n) is 5.35. The first kappa shape index (κ1) is 5.90. The summed E-state index contributed by atoms with van der Waals surface area (Å²) >= 11 is 0. The highest BCUT2D eigenvalue weighted by atomic mass is 16.1. The largest absolute Gasteiger partial charge is 0.368 e. The average molecular weight is 149 g/mol. The molecule has 0 aromatic rings. The van der Waals surface area contributed by atoms with Crippen molar-refractivity contribution in [3.05, 3.63) is 0 Å². The lowest BCUT2D eigenvalue weighted by Crippen LogP contribution is -2.30. The second-order valence-electron chi connectivity index (χ2n) is 1.97. The first-order valence-corrected chi connectivity index (χ1v) is 2.86. The molecule has 6 heteroatoms. The summed E-state index contributed by atoms with van der Waals surface area (Å²) < 4.78 is 0. The van der Waals surface area contributed by atoms with E-state index in [1.165, 1.54) is 6.21 Å². The molecule has 0 radical (unpaired) electrons. The normalized spacial score (nSPS) is 20.7. The van der Waals surface area contributed by atoms with Crippen molar-refractivity contribution in [1.82, 2.24) is 0 Å². The van der Waals surface area contributed by atoms with Crippen LogP contribution in [0.25, 0.3) is 0 Å². The predicted molar refractivity (Wildman–Crippen MR) is 40.0 cm³/mol. The summed E-state index contributed by atoms with van der Waals surface area (Å²) in [6.07, 6.45) is 1.37. The van der Waals surface area contributed by atoms with Crippen molar-refractivity contribution in [3.8, 4) is 0 Å². The molecule has 0 fully saturated rings. The van der Waals surface area contributed by atoms with Gasteiger partial charge in [0.15, 0.2) is 5.71 Å². The monoisotopic (exact) mass is 149 g/mol. The Morgan fingerprint density at radius 1 is 1.36 bits per heavy atom. The van der Waals surface area contributed by atoms with Gasteiger partial charge in [-0.25, -0.2) is 4.99 Å². The summed E-state index contributed by atoms with van der Waals surface area (Å²) in [6, 6.07) is 0. The van der Waals surface area contributed by atoms with Crippen molar-refractivity contribution < 1.29 is 4.79 Å². The molecule has 54 valence electrons. The smallest absolute Gasteiger partial charge is 0.303 e. The van der Waals surface area contributed by atoms with Gasteiger partial charge in [0, 0.05) is 0 Å². The van der Waals surface area contributed by atoms with Crippen LogP contribution in [-0.4, -0.2) is 29.5 Å². The van der Waals surface area contributed by atoms with E-state index in [1.54, 1.807) is 0 Å². The minimum Gasteiger partial charge on any atom is -0.368 e. The summed E-state index contributed by atoms with van der Waals surface area (Å²) in [5.74, 6) is -0.526. The first-order valence-electron chi connectivity index (χ1n) is 2.86. The Balaban J connectivity index is 2.54. The fourth-order valence-electron chi connectivity index (χ4n) is 0.793. The molecule has 2 aliphatic rings. The molecule has 0 bridgehead atoms. The molecule has 0 atom stereocenters. The lowest BCUT2D eigenvalue weighted by molar-refractivity contribution is -0.111. The van der Waals surface area contributed by atoms with Crippen LogP contribution in [-0.2, 0) is 4.79 Å². The Morgan fingerprint density at radius 2 is 2.18 bits per heavy atom. The SMILES string of the molecule is NC1=NC(=O)C2=NN=CC2=N1. The maximum atomic E-state index is 10.9. The molecule has 0 aromatic carbocycles. The topological polar surface area (TPSA) is 92.5 Å². The zero-order chi connectivity index (χ0) is 7.84. The number of hydrogen-bond donors (Lipinski definition) is 1. The zero-order valence-corrected chi connectivity index (χ0v) is 5.35. The number of carbonyl (C=O) groups excluding carboxylic acids is 1. The standard InChI is InChI=1S/C5H3N5O/c6-5-8-2-1-7-10-3(2)4(11)9-5/h1H,(H2,6,9,11). The molecule has 0 aromatic heterocycles. The van der Waals surface area contributed by atoms with Crippen molar-refractivity contribution >= 4 is 29.5 Å². The van der Waals surface area contributed by atoms with Gasteiger partial charge in [0.2, 0.25) is 5.96 Å². The Hall–Kier alpha value is -1.85. The van der Waals surface area contributed by atoms with Crippen LogP contribution in [0.4, 0.5) is 0 Å². The van der Waals surface area contributed by atoms with Crippen molar-refractivity contribution in [2.75, 3.05) is 0 Å². The van der Waals surface area contributed by atoms with Crippen LogP contribution in [0, 0.1) is 0 Å². The molecule has 0 saturated carbocycles. The van der Waals surface area contributed by atoms with Crippen molar-refractivity contribution in [1.29, 1.82) is 0 Å². The van der Waals surface area contributed by atoms with E-state index >= 15 is 0 Å². The number of aliphatic imine (C=N–C) groups is 2. The lowest BCUT2D eigenvalue weighted by atomic mass is 10.2. The van der Waals surface area contributed by atoms with Gasteiger partial charge in [-0.2, -0.15) is 10.1 Å². The van der Waals surface area contributed by atoms with Gasteiger partial charge in [0.05, 0.1) is 6.21 Å². The molecule has 0 aliphatic carbocycles. The molecular weight excluding hydrogens is 146 g/mol. The minimum atomic E-state index is -0.481. The van der Waals surface area contributed by atoms with Gasteiger partial charge >= 0.3 is 5.91 Å². The summed E-state index contributed by atoms with van der Waals surface area (Å²) in [4.78, 5) is 18.0.